The van der Waals surface area contributed by atoms with Gasteiger partial charge in [-0.25, -0.2) is 4.99 Å². The van der Waals surface area contributed by atoms with Gasteiger partial charge in [0.05, 0.1) is 0 Å². The largest absolute Gasteiger partial charge is 0.368 e. The van der Waals surface area contributed by atoms with E-state index in [4.69, 9.17) is 0 Å². The molecule has 3 fully saturated rings. The quantitative estimate of drug-likeness (QED) is 0.705. The number of nitrogens with zero attached hydrogens (tertiary/aromatic N) is 1. The summed E-state index contributed by atoms with van der Waals surface area (Å²) in [5.74, 6) is 3.20. The minimum absolute atomic E-state index is 0.555. The highest BCUT2D eigenvalue weighted by Gasteiger charge is 2.56. The van der Waals surface area contributed by atoms with E-state index in [1.165, 1.54) is 12.8 Å². The van der Waals surface area contributed by atoms with E-state index in [1.54, 1.807) is 0 Å². The second-order valence-corrected chi connectivity index (χ2v) is 5.81. The second-order valence-electron chi connectivity index (χ2n) is 5.81. The van der Waals surface area contributed by atoms with Crippen molar-refractivity contribution in [2.75, 3.05) is 0 Å². The third-order valence-electron chi connectivity index (χ3n) is 4.90. The molecule has 84 valence electrons. The van der Waals surface area contributed by atoms with E-state index < -0.39 is 0 Å². The van der Waals surface area contributed by atoms with Crippen LogP contribution < -0.4 is 5.32 Å². The maximum atomic E-state index is 3.84. The van der Waals surface area contributed by atoms with Gasteiger partial charge in [0.1, 0.15) is 5.82 Å². The Morgan fingerprint density at radius 2 is 2.07 bits per heavy atom. The van der Waals surface area contributed by atoms with E-state index in [-0.39, 0.29) is 0 Å². The van der Waals surface area contributed by atoms with Gasteiger partial charge in [0.2, 0.25) is 0 Å². The van der Waals surface area contributed by atoms with Gasteiger partial charge in [-0.3, -0.25) is 0 Å². The normalized spacial score (nSPS) is 41.5. The zero-order chi connectivity index (χ0) is 11.2. The Bertz CT molecular complexity index is 293. The molecule has 0 aliphatic heterocycles. The highest BCUT2D eigenvalue weighted by molar-refractivity contribution is 5.27. The first-order valence-electron chi connectivity index (χ1n) is 5.89. The van der Waals surface area contributed by atoms with Crippen LogP contribution in [-0.2, 0) is 0 Å². The topological polar surface area (TPSA) is 24.4 Å². The summed E-state index contributed by atoms with van der Waals surface area (Å²) in [4.78, 5) is 3.84. The van der Waals surface area contributed by atoms with E-state index >= 15 is 0 Å². The van der Waals surface area contributed by atoms with Crippen molar-refractivity contribution in [1.29, 1.82) is 0 Å². The van der Waals surface area contributed by atoms with E-state index in [1.807, 2.05) is 0 Å². The van der Waals surface area contributed by atoms with Crippen LogP contribution in [0.1, 0.15) is 33.6 Å². The third-order valence-corrected chi connectivity index (χ3v) is 4.90. The van der Waals surface area contributed by atoms with Crippen LogP contribution in [-0.4, -0.2) is 12.8 Å². The van der Waals surface area contributed by atoms with Crippen LogP contribution in [0.2, 0.25) is 0 Å². The van der Waals surface area contributed by atoms with Crippen LogP contribution >= 0.6 is 0 Å². The summed E-state index contributed by atoms with van der Waals surface area (Å²) in [7, 11) is 0. The SMILES string of the molecule is C=NC(=C)N[C@@H]1C[C@@H]2C[C@H]([C@H]1C)C2(C)C. The summed E-state index contributed by atoms with van der Waals surface area (Å²) >= 11 is 0. The first-order chi connectivity index (χ1) is 6.96. The average molecular weight is 206 g/mol. The van der Waals surface area contributed by atoms with Gasteiger partial charge in [-0.2, -0.15) is 0 Å². The van der Waals surface area contributed by atoms with Gasteiger partial charge < -0.3 is 5.32 Å². The van der Waals surface area contributed by atoms with Crippen molar-refractivity contribution in [2.45, 2.75) is 39.7 Å². The lowest BCUT2D eigenvalue weighted by atomic mass is 9.45. The molecule has 0 spiro atoms. The Balaban J connectivity index is 2.02. The van der Waals surface area contributed by atoms with Crippen LogP contribution in [0.4, 0.5) is 0 Å². The van der Waals surface area contributed by atoms with Gasteiger partial charge >= 0.3 is 0 Å². The van der Waals surface area contributed by atoms with Gasteiger partial charge in [-0.15, -0.1) is 0 Å². The summed E-state index contributed by atoms with van der Waals surface area (Å²) in [6.45, 7) is 14.5. The number of hydrogen-bond donors (Lipinski definition) is 1. The number of hydrogen-bond acceptors (Lipinski definition) is 2. The van der Waals surface area contributed by atoms with Crippen molar-refractivity contribution < 1.29 is 0 Å². The van der Waals surface area contributed by atoms with Crippen molar-refractivity contribution in [3.63, 3.8) is 0 Å². The Morgan fingerprint density at radius 3 is 2.53 bits per heavy atom. The third kappa shape index (κ3) is 1.51. The maximum absolute atomic E-state index is 3.84. The van der Waals surface area contributed by atoms with Crippen LogP contribution in [0.15, 0.2) is 17.4 Å². The van der Waals surface area contributed by atoms with Crippen LogP contribution in [0.25, 0.3) is 0 Å². The molecule has 3 aliphatic carbocycles. The molecule has 15 heavy (non-hydrogen) atoms. The lowest BCUT2D eigenvalue weighted by molar-refractivity contribution is -0.113. The van der Waals surface area contributed by atoms with Gasteiger partial charge in [0.25, 0.3) is 0 Å². The lowest BCUT2D eigenvalue weighted by Gasteiger charge is -2.62. The van der Waals surface area contributed by atoms with Crippen LogP contribution in [0, 0.1) is 23.2 Å². The van der Waals surface area contributed by atoms with Crippen molar-refractivity contribution in [1.82, 2.24) is 5.32 Å². The fourth-order valence-electron chi connectivity index (χ4n) is 3.60. The standard InChI is InChI=1S/C13H22N2/c1-8-11-6-10(13(11,3)4)7-12(8)15-9(2)14-5/h8,10-12,15H,2,5-7H2,1,3-4H3/t8-,10+,11-,12-/m1/s1. The Labute approximate surface area is 92.9 Å². The predicted octanol–water partition coefficient (Wildman–Crippen LogP) is 2.82. The molecule has 1 N–H and O–H groups in total. The number of rotatable bonds is 3. The van der Waals surface area contributed by atoms with Crippen molar-refractivity contribution in [3.05, 3.63) is 12.4 Å². The minimum Gasteiger partial charge on any atom is -0.368 e. The second kappa shape index (κ2) is 3.36. The molecular weight excluding hydrogens is 184 g/mol. The Kier molecular flexibility index (Phi) is 2.40. The number of fused-ring (bicyclic) bond motifs is 2. The highest BCUT2D eigenvalue weighted by atomic mass is 15.1. The van der Waals surface area contributed by atoms with Crippen LogP contribution in [0.5, 0.6) is 0 Å². The molecule has 0 aromatic rings. The first-order valence-corrected chi connectivity index (χ1v) is 5.89. The summed E-state index contributed by atoms with van der Waals surface area (Å²) in [5.41, 5.74) is 0.556. The summed E-state index contributed by atoms with van der Waals surface area (Å²) in [6, 6.07) is 0.555. The van der Waals surface area contributed by atoms with E-state index in [9.17, 15) is 0 Å². The monoisotopic (exact) mass is 206 g/mol. The Hall–Kier alpha value is -0.790. The molecule has 0 saturated heterocycles. The molecule has 0 unspecified atom stereocenters. The molecule has 3 saturated carbocycles. The van der Waals surface area contributed by atoms with E-state index in [2.05, 4.69) is 44.4 Å². The number of nitrogens with one attached hydrogen (secondary N) is 1. The van der Waals surface area contributed by atoms with Crippen LogP contribution in [0.3, 0.4) is 0 Å². The van der Waals surface area contributed by atoms with Gasteiger partial charge in [0.15, 0.2) is 0 Å². The summed E-state index contributed by atoms with van der Waals surface area (Å²) in [5, 5.41) is 3.39. The first kappa shape index (κ1) is 10.7. The molecule has 0 amide bonds. The average Bonchev–Trinajstić information content (AvgIpc) is 2.19. The van der Waals surface area contributed by atoms with Crippen molar-refractivity contribution >= 4 is 6.72 Å². The van der Waals surface area contributed by atoms with E-state index in [0.717, 1.165) is 23.6 Å². The highest BCUT2D eigenvalue weighted by Crippen LogP contribution is 2.61. The molecule has 0 aromatic heterocycles. The fourth-order valence-corrected chi connectivity index (χ4v) is 3.60. The van der Waals surface area contributed by atoms with Crippen molar-refractivity contribution in [3.8, 4) is 0 Å². The summed E-state index contributed by atoms with van der Waals surface area (Å²) < 4.78 is 0. The molecule has 0 radical (unpaired) electrons. The van der Waals surface area contributed by atoms with Gasteiger partial charge in [-0.1, -0.05) is 27.4 Å². The zero-order valence-electron chi connectivity index (χ0n) is 10.1. The summed E-state index contributed by atoms with van der Waals surface area (Å²) in [6.07, 6.45) is 2.68. The smallest absolute Gasteiger partial charge is 0.118 e. The molecule has 3 aliphatic rings. The molecule has 2 bridgehead atoms. The Morgan fingerprint density at radius 1 is 1.40 bits per heavy atom. The molecule has 4 atom stereocenters. The van der Waals surface area contributed by atoms with Gasteiger partial charge in [-0.05, 0) is 42.7 Å². The molecule has 0 aromatic carbocycles. The predicted molar refractivity (Wildman–Crippen MR) is 64.8 cm³/mol. The van der Waals surface area contributed by atoms with E-state index in [0.29, 0.717) is 11.5 Å². The maximum Gasteiger partial charge on any atom is 0.118 e. The molecule has 0 heterocycles. The molecule has 3 rings (SSSR count). The molecular formula is C13H22N2. The molecule has 2 heteroatoms. The lowest BCUT2D eigenvalue weighted by Crippen LogP contribution is -2.59. The number of aliphatic imine (C=N–C) groups is 1. The fraction of sp³-hybridized carbons (Fsp3) is 0.769. The zero-order valence-corrected chi connectivity index (χ0v) is 10.1. The minimum atomic E-state index is 0.555. The van der Waals surface area contributed by atoms with Crippen molar-refractivity contribution in [2.24, 2.45) is 28.2 Å². The van der Waals surface area contributed by atoms with Gasteiger partial charge in [0, 0.05) is 6.04 Å². The molecule has 2 nitrogen and oxygen atoms in total.